The zero-order valence-corrected chi connectivity index (χ0v) is 18.9. The summed E-state index contributed by atoms with van der Waals surface area (Å²) in [6, 6.07) is 11.7. The van der Waals surface area contributed by atoms with Gasteiger partial charge >= 0.3 is 0 Å². The molecule has 3 aromatic heterocycles. The van der Waals surface area contributed by atoms with E-state index in [1.807, 2.05) is 13.0 Å². The number of aromatic nitrogens is 6. The van der Waals surface area contributed by atoms with Gasteiger partial charge in [0.05, 0.1) is 30.2 Å². The molecule has 0 aliphatic carbocycles. The molecule has 4 heterocycles. The van der Waals surface area contributed by atoms with Gasteiger partial charge in [-0.05, 0) is 43.7 Å². The standard InChI is InChI=1S/C24H24FN7O2/c1-3-26-24-27-13-12-18(28-24)23-22(15-4-6-16(25)7-5-15)29-19-9-8-17(32(19)23)14-34-21-11-10-20(33-2)30-31-21/h4-7,10-13,17H,3,8-9,14H2,1-2H3,(H,26,27,28). The molecule has 34 heavy (non-hydrogen) atoms. The lowest BCUT2D eigenvalue weighted by Gasteiger charge is -2.18. The van der Waals surface area contributed by atoms with Crippen LogP contribution in [0.4, 0.5) is 10.3 Å². The summed E-state index contributed by atoms with van der Waals surface area (Å²) in [6.07, 6.45) is 3.39. The van der Waals surface area contributed by atoms with E-state index in [1.165, 1.54) is 12.1 Å². The predicted molar refractivity (Wildman–Crippen MR) is 124 cm³/mol. The Morgan fingerprint density at radius 1 is 1.06 bits per heavy atom. The lowest BCUT2D eigenvalue weighted by atomic mass is 10.1. The van der Waals surface area contributed by atoms with Crippen molar-refractivity contribution in [2.45, 2.75) is 25.8 Å². The third kappa shape index (κ3) is 4.26. The molecule has 9 nitrogen and oxygen atoms in total. The number of halogens is 1. The Morgan fingerprint density at radius 2 is 1.85 bits per heavy atom. The van der Waals surface area contributed by atoms with Crippen LogP contribution in [0.25, 0.3) is 22.6 Å². The van der Waals surface area contributed by atoms with Crippen LogP contribution in [0.3, 0.4) is 0 Å². The minimum Gasteiger partial charge on any atom is -0.480 e. The molecule has 0 amide bonds. The van der Waals surface area contributed by atoms with E-state index in [2.05, 4.69) is 25.1 Å². The molecule has 174 valence electrons. The Labute approximate surface area is 196 Å². The van der Waals surface area contributed by atoms with Gasteiger partial charge in [0.15, 0.2) is 0 Å². The number of ether oxygens (including phenoxy) is 2. The molecule has 0 bridgehead atoms. The molecule has 0 spiro atoms. The smallest absolute Gasteiger partial charge is 0.233 e. The fourth-order valence-electron chi connectivity index (χ4n) is 4.09. The average Bonchev–Trinajstić information content (AvgIpc) is 3.43. The van der Waals surface area contributed by atoms with E-state index in [1.54, 1.807) is 37.6 Å². The van der Waals surface area contributed by atoms with E-state index in [0.29, 0.717) is 30.9 Å². The van der Waals surface area contributed by atoms with Crippen LogP contribution in [0, 0.1) is 5.82 Å². The van der Waals surface area contributed by atoms with Crippen molar-refractivity contribution in [1.29, 1.82) is 0 Å². The van der Waals surface area contributed by atoms with Crippen molar-refractivity contribution in [2.75, 3.05) is 25.6 Å². The van der Waals surface area contributed by atoms with Crippen molar-refractivity contribution < 1.29 is 13.9 Å². The molecule has 0 radical (unpaired) electrons. The molecule has 0 saturated carbocycles. The SMILES string of the molecule is CCNc1nccc(-c2c(-c3ccc(F)cc3)nc3n2C(COc2ccc(OC)nn2)CC3)n1. The lowest BCUT2D eigenvalue weighted by Crippen LogP contribution is -2.16. The Balaban J connectivity index is 1.53. The van der Waals surface area contributed by atoms with E-state index >= 15 is 0 Å². The number of imidazole rings is 1. The van der Waals surface area contributed by atoms with Crippen LogP contribution >= 0.6 is 0 Å². The predicted octanol–water partition coefficient (Wildman–Crippen LogP) is 3.94. The molecule has 0 saturated heterocycles. The maximum Gasteiger partial charge on any atom is 0.233 e. The highest BCUT2D eigenvalue weighted by Gasteiger charge is 2.31. The normalized spacial score (nSPS) is 14.6. The molecule has 1 N–H and O–H groups in total. The molecule has 1 atom stereocenters. The molecule has 1 aromatic carbocycles. The Bertz CT molecular complexity index is 1280. The van der Waals surface area contributed by atoms with E-state index in [-0.39, 0.29) is 11.9 Å². The highest BCUT2D eigenvalue weighted by atomic mass is 19.1. The summed E-state index contributed by atoms with van der Waals surface area (Å²) in [5.74, 6) is 2.04. The monoisotopic (exact) mass is 461 g/mol. The summed E-state index contributed by atoms with van der Waals surface area (Å²) in [5.41, 5.74) is 3.17. The maximum atomic E-state index is 13.6. The van der Waals surface area contributed by atoms with Crippen LogP contribution in [-0.4, -0.2) is 50.0 Å². The minimum atomic E-state index is -0.291. The van der Waals surface area contributed by atoms with Gasteiger partial charge in [0.25, 0.3) is 0 Å². The second-order valence-corrected chi connectivity index (χ2v) is 7.82. The van der Waals surface area contributed by atoms with Gasteiger partial charge in [-0.1, -0.05) is 0 Å². The summed E-state index contributed by atoms with van der Waals surface area (Å²) < 4.78 is 26.8. The zero-order chi connectivity index (χ0) is 23.5. The van der Waals surface area contributed by atoms with Gasteiger partial charge in [0.2, 0.25) is 17.7 Å². The van der Waals surface area contributed by atoms with E-state index in [0.717, 1.165) is 41.3 Å². The van der Waals surface area contributed by atoms with Crippen molar-refractivity contribution in [3.8, 4) is 34.4 Å². The molecule has 5 rings (SSSR count). The van der Waals surface area contributed by atoms with Crippen molar-refractivity contribution in [3.05, 3.63) is 60.3 Å². The Hall–Kier alpha value is -4.08. The number of hydrogen-bond acceptors (Lipinski definition) is 8. The van der Waals surface area contributed by atoms with E-state index in [9.17, 15) is 4.39 Å². The van der Waals surface area contributed by atoms with Gasteiger partial charge in [-0.3, -0.25) is 0 Å². The van der Waals surface area contributed by atoms with Gasteiger partial charge in [0, 0.05) is 36.9 Å². The molecule has 10 heteroatoms. The number of aryl methyl sites for hydroxylation is 1. The van der Waals surface area contributed by atoms with Crippen molar-refractivity contribution in [3.63, 3.8) is 0 Å². The number of hydrogen-bond donors (Lipinski definition) is 1. The van der Waals surface area contributed by atoms with Crippen LogP contribution in [0.15, 0.2) is 48.7 Å². The molecule has 1 aliphatic heterocycles. The summed E-state index contributed by atoms with van der Waals surface area (Å²) in [5, 5.41) is 11.2. The molecular weight excluding hydrogens is 437 g/mol. The molecule has 1 aliphatic rings. The first kappa shape index (κ1) is 21.7. The second-order valence-electron chi connectivity index (χ2n) is 7.82. The number of benzene rings is 1. The zero-order valence-electron chi connectivity index (χ0n) is 18.9. The summed E-state index contributed by atoms with van der Waals surface area (Å²) >= 11 is 0. The number of fused-ring (bicyclic) bond motifs is 1. The largest absolute Gasteiger partial charge is 0.480 e. The second kappa shape index (κ2) is 9.42. The Morgan fingerprint density at radius 3 is 2.59 bits per heavy atom. The van der Waals surface area contributed by atoms with Crippen LogP contribution in [0.5, 0.6) is 11.8 Å². The summed E-state index contributed by atoms with van der Waals surface area (Å²) in [7, 11) is 1.54. The fourth-order valence-corrected chi connectivity index (χ4v) is 4.09. The number of methoxy groups -OCH3 is 1. The van der Waals surface area contributed by atoms with Crippen LogP contribution in [0.1, 0.15) is 25.2 Å². The van der Waals surface area contributed by atoms with Crippen molar-refractivity contribution in [2.24, 2.45) is 0 Å². The third-order valence-electron chi connectivity index (χ3n) is 5.65. The number of anilines is 1. The van der Waals surface area contributed by atoms with Crippen molar-refractivity contribution in [1.82, 2.24) is 29.7 Å². The maximum absolute atomic E-state index is 13.6. The number of nitrogens with one attached hydrogen (secondary N) is 1. The number of nitrogens with zero attached hydrogens (tertiary/aromatic N) is 6. The highest BCUT2D eigenvalue weighted by molar-refractivity contribution is 5.78. The minimum absolute atomic E-state index is 0.0214. The number of rotatable bonds is 8. The summed E-state index contributed by atoms with van der Waals surface area (Å²) in [4.78, 5) is 14.0. The van der Waals surface area contributed by atoms with E-state index in [4.69, 9.17) is 19.4 Å². The first-order valence-corrected chi connectivity index (χ1v) is 11.1. The Kier molecular flexibility index (Phi) is 6.03. The lowest BCUT2D eigenvalue weighted by molar-refractivity contribution is 0.243. The molecular formula is C24H24FN7O2. The van der Waals surface area contributed by atoms with Gasteiger partial charge in [-0.15, -0.1) is 10.2 Å². The van der Waals surface area contributed by atoms with Gasteiger partial charge < -0.3 is 19.4 Å². The van der Waals surface area contributed by atoms with Crippen LogP contribution in [-0.2, 0) is 6.42 Å². The molecule has 0 fully saturated rings. The van der Waals surface area contributed by atoms with Crippen LogP contribution in [0.2, 0.25) is 0 Å². The summed E-state index contributed by atoms with van der Waals surface area (Å²) in [6.45, 7) is 3.09. The van der Waals surface area contributed by atoms with Gasteiger partial charge in [0.1, 0.15) is 18.2 Å². The van der Waals surface area contributed by atoms with Gasteiger partial charge in [-0.25, -0.2) is 19.3 Å². The van der Waals surface area contributed by atoms with Crippen LogP contribution < -0.4 is 14.8 Å². The fraction of sp³-hybridized carbons (Fsp3) is 0.292. The highest BCUT2D eigenvalue weighted by Crippen LogP contribution is 2.39. The third-order valence-corrected chi connectivity index (χ3v) is 5.65. The molecule has 4 aromatic rings. The van der Waals surface area contributed by atoms with E-state index < -0.39 is 0 Å². The topological polar surface area (TPSA) is 99.9 Å². The quantitative estimate of drug-likeness (QED) is 0.421. The first-order chi connectivity index (χ1) is 16.7. The first-order valence-electron chi connectivity index (χ1n) is 11.1. The molecule has 1 unspecified atom stereocenters. The van der Waals surface area contributed by atoms with Gasteiger partial charge in [-0.2, -0.15) is 0 Å². The van der Waals surface area contributed by atoms with Crippen molar-refractivity contribution >= 4 is 5.95 Å². The average molecular weight is 462 g/mol.